The Morgan fingerprint density at radius 3 is 2.38 bits per heavy atom. The van der Waals surface area contributed by atoms with Crippen molar-refractivity contribution >= 4 is 57.0 Å². The van der Waals surface area contributed by atoms with Gasteiger partial charge in [-0.3, -0.25) is 4.79 Å². The molecule has 0 bridgehead atoms. The van der Waals surface area contributed by atoms with E-state index in [4.69, 9.17) is 11.5 Å². The molecule has 29 heavy (non-hydrogen) atoms. The number of halogens is 2. The van der Waals surface area contributed by atoms with Crippen LogP contribution in [-0.4, -0.2) is 20.9 Å². The number of primary amides is 1. The third kappa shape index (κ3) is 3.73. The van der Waals surface area contributed by atoms with Gasteiger partial charge in [-0.25, -0.2) is 9.97 Å². The summed E-state index contributed by atoms with van der Waals surface area (Å²) < 4.78 is 1.79. The van der Waals surface area contributed by atoms with Crippen LogP contribution in [0.25, 0.3) is 33.8 Å². The lowest BCUT2D eigenvalue weighted by molar-refractivity contribution is 0.100. The van der Waals surface area contributed by atoms with Crippen LogP contribution in [0, 0.1) is 7.14 Å². The minimum Gasteiger partial charge on any atom is -0.368 e. The molecule has 0 unspecified atom stereocenters. The number of hydrogen-bond acceptors (Lipinski definition) is 4. The Bertz CT molecular complexity index is 1220. The fourth-order valence-electron chi connectivity index (χ4n) is 3.19. The minimum atomic E-state index is -0.473. The summed E-state index contributed by atoms with van der Waals surface area (Å²) in [6.07, 6.45) is 1.69. The number of nitrogens with one attached hydrogen (secondary N) is 1. The van der Waals surface area contributed by atoms with Gasteiger partial charge in [-0.1, -0.05) is 48.5 Å². The number of aromatic nitrogens is 3. The largest absolute Gasteiger partial charge is 0.368 e. The minimum absolute atomic E-state index is 0.200. The summed E-state index contributed by atoms with van der Waals surface area (Å²) in [5.74, 6) is -0.273. The monoisotopic (exact) mass is 607 g/mol. The summed E-state index contributed by atoms with van der Waals surface area (Å²) >= 11 is 4.46. The van der Waals surface area contributed by atoms with Crippen molar-refractivity contribution in [3.8, 4) is 33.8 Å². The first-order valence-corrected chi connectivity index (χ1v) is 10.8. The van der Waals surface area contributed by atoms with Crippen LogP contribution in [0.2, 0.25) is 0 Å². The molecule has 8 heteroatoms. The van der Waals surface area contributed by atoms with E-state index in [0.29, 0.717) is 11.3 Å². The Balaban J connectivity index is 2.06. The van der Waals surface area contributed by atoms with Gasteiger partial charge in [0.05, 0.1) is 15.0 Å². The van der Waals surface area contributed by atoms with Gasteiger partial charge in [0.1, 0.15) is 5.69 Å². The zero-order valence-corrected chi connectivity index (χ0v) is 19.3. The second kappa shape index (κ2) is 8.11. The highest BCUT2D eigenvalue weighted by Gasteiger charge is 2.24. The zero-order chi connectivity index (χ0) is 20.5. The van der Waals surface area contributed by atoms with Crippen molar-refractivity contribution < 1.29 is 4.79 Å². The summed E-state index contributed by atoms with van der Waals surface area (Å²) in [7, 11) is 0. The van der Waals surface area contributed by atoms with Crippen molar-refractivity contribution in [3.63, 3.8) is 0 Å². The van der Waals surface area contributed by atoms with Crippen LogP contribution < -0.4 is 11.5 Å². The molecule has 0 radical (unpaired) electrons. The summed E-state index contributed by atoms with van der Waals surface area (Å²) in [5, 5.41) is 0. The molecule has 5 N–H and O–H groups in total. The number of carbonyl (C=O) groups is 1. The van der Waals surface area contributed by atoms with Crippen LogP contribution in [-0.2, 0) is 0 Å². The molecule has 0 saturated heterocycles. The van der Waals surface area contributed by atoms with Crippen molar-refractivity contribution in [3.05, 3.63) is 73.5 Å². The van der Waals surface area contributed by atoms with Gasteiger partial charge in [-0.15, -0.1) is 0 Å². The third-order valence-corrected chi connectivity index (χ3v) is 6.33. The van der Waals surface area contributed by atoms with Crippen molar-refractivity contribution in [2.24, 2.45) is 5.73 Å². The Morgan fingerprint density at radius 1 is 0.966 bits per heavy atom. The van der Waals surface area contributed by atoms with Crippen LogP contribution in [0.4, 0.5) is 5.95 Å². The van der Waals surface area contributed by atoms with Crippen molar-refractivity contribution in [1.29, 1.82) is 0 Å². The van der Waals surface area contributed by atoms with Gasteiger partial charge in [0.25, 0.3) is 0 Å². The quantitative estimate of drug-likeness (QED) is 0.293. The van der Waals surface area contributed by atoms with Crippen molar-refractivity contribution in [2.75, 3.05) is 5.73 Å². The highest BCUT2D eigenvalue weighted by atomic mass is 127. The predicted molar refractivity (Wildman–Crippen MR) is 131 cm³/mol. The summed E-state index contributed by atoms with van der Waals surface area (Å²) in [6, 6.07) is 17.3. The number of nitrogens with zero attached hydrogens (tertiary/aromatic N) is 2. The number of nitrogen functional groups attached to an aromatic ring is 1. The SMILES string of the molecule is NC(=O)c1ccccc1-c1c(-c2ccccc2)[nH]c(-c2nc(N)ncc2I)c1I. The maximum absolute atomic E-state index is 12.1. The van der Waals surface area contributed by atoms with E-state index in [-0.39, 0.29) is 5.95 Å². The number of H-pyrrole nitrogens is 1. The first-order chi connectivity index (χ1) is 14.0. The average Bonchev–Trinajstić information content (AvgIpc) is 3.07. The first kappa shape index (κ1) is 19.8. The number of carbonyl (C=O) groups excluding carboxylic acids is 1. The molecule has 2 heterocycles. The van der Waals surface area contributed by atoms with Gasteiger partial charge in [0, 0.05) is 20.9 Å². The van der Waals surface area contributed by atoms with E-state index in [9.17, 15) is 4.79 Å². The van der Waals surface area contributed by atoms with E-state index in [2.05, 4.69) is 60.1 Å². The molecular weight excluding hydrogens is 592 g/mol. The highest BCUT2D eigenvalue weighted by Crippen LogP contribution is 2.42. The maximum atomic E-state index is 12.1. The maximum Gasteiger partial charge on any atom is 0.249 e. The third-order valence-electron chi connectivity index (χ3n) is 4.46. The summed E-state index contributed by atoms with van der Waals surface area (Å²) in [4.78, 5) is 24.1. The molecule has 6 nitrogen and oxygen atoms in total. The number of nitrogens with two attached hydrogens (primary N) is 2. The Kier molecular flexibility index (Phi) is 5.54. The molecule has 0 spiro atoms. The first-order valence-electron chi connectivity index (χ1n) is 8.62. The van der Waals surface area contributed by atoms with E-state index in [1.807, 2.05) is 42.5 Å². The van der Waals surface area contributed by atoms with Crippen LogP contribution >= 0.6 is 45.2 Å². The van der Waals surface area contributed by atoms with Gasteiger partial charge in [-0.05, 0) is 62.4 Å². The highest BCUT2D eigenvalue weighted by molar-refractivity contribution is 14.1. The summed E-state index contributed by atoms with van der Waals surface area (Å²) in [5.41, 5.74) is 17.0. The average molecular weight is 607 g/mol. The van der Waals surface area contributed by atoms with E-state index in [1.165, 1.54) is 0 Å². The van der Waals surface area contributed by atoms with E-state index in [0.717, 1.165) is 35.2 Å². The van der Waals surface area contributed by atoms with Gasteiger partial charge in [0.2, 0.25) is 11.9 Å². The fourth-order valence-corrected chi connectivity index (χ4v) is 4.67. The van der Waals surface area contributed by atoms with E-state index >= 15 is 0 Å². The molecule has 4 aromatic rings. The molecule has 1 amide bonds. The van der Waals surface area contributed by atoms with Crippen molar-refractivity contribution in [1.82, 2.24) is 15.0 Å². The normalized spacial score (nSPS) is 10.8. The number of anilines is 1. The fraction of sp³-hybridized carbons (Fsp3) is 0. The molecule has 4 rings (SSSR count). The molecule has 0 saturated carbocycles. The molecular formula is C21H15I2N5O. The lowest BCUT2D eigenvalue weighted by atomic mass is 9.96. The zero-order valence-electron chi connectivity index (χ0n) is 15.0. The smallest absolute Gasteiger partial charge is 0.249 e. The molecule has 0 fully saturated rings. The molecule has 0 aliphatic heterocycles. The van der Waals surface area contributed by atoms with E-state index < -0.39 is 5.91 Å². The lowest BCUT2D eigenvalue weighted by Crippen LogP contribution is -2.12. The van der Waals surface area contributed by atoms with Crippen LogP contribution in [0.5, 0.6) is 0 Å². The molecule has 0 aliphatic carbocycles. The second-order valence-electron chi connectivity index (χ2n) is 6.26. The molecule has 2 aromatic carbocycles. The second-order valence-corrected chi connectivity index (χ2v) is 8.51. The number of benzene rings is 2. The van der Waals surface area contributed by atoms with Gasteiger partial charge in [-0.2, -0.15) is 0 Å². The van der Waals surface area contributed by atoms with Crippen LogP contribution in [0.3, 0.4) is 0 Å². The summed E-state index contributed by atoms with van der Waals surface area (Å²) in [6.45, 7) is 0. The number of rotatable bonds is 4. The van der Waals surface area contributed by atoms with Crippen LogP contribution in [0.15, 0.2) is 60.8 Å². The number of amides is 1. The molecule has 144 valence electrons. The van der Waals surface area contributed by atoms with E-state index in [1.54, 1.807) is 18.3 Å². The molecule has 0 aliphatic rings. The predicted octanol–water partition coefficient (Wildman–Crippen LogP) is 4.70. The molecule has 2 aromatic heterocycles. The standard InChI is InChI=1S/C21H15I2N5O/c22-14-10-26-21(25)28-18(14)19-16(23)15(12-8-4-5-9-13(12)20(24)29)17(27-19)11-6-2-1-3-7-11/h1-10,27H,(H2,24,29)(H2,25,26,28). The van der Waals surface area contributed by atoms with Crippen LogP contribution in [0.1, 0.15) is 10.4 Å². The Labute approximate surface area is 194 Å². The molecule has 0 atom stereocenters. The van der Waals surface area contributed by atoms with Gasteiger partial charge in [0.15, 0.2) is 0 Å². The lowest BCUT2D eigenvalue weighted by Gasteiger charge is -2.09. The van der Waals surface area contributed by atoms with Gasteiger partial charge >= 0.3 is 0 Å². The van der Waals surface area contributed by atoms with Crippen molar-refractivity contribution in [2.45, 2.75) is 0 Å². The topological polar surface area (TPSA) is 111 Å². The Morgan fingerprint density at radius 2 is 1.66 bits per heavy atom. The Hall–Kier alpha value is -2.47. The van der Waals surface area contributed by atoms with Gasteiger partial charge < -0.3 is 16.5 Å². The number of hydrogen-bond donors (Lipinski definition) is 3. The number of aromatic amines is 1.